The highest BCUT2D eigenvalue weighted by Crippen LogP contribution is 2.32. The number of allylic oxidation sites excluding steroid dienone is 1. The zero-order chi connectivity index (χ0) is 10.8. The molecule has 1 rings (SSSR count). The Hall–Kier alpha value is -1.25. The van der Waals surface area contributed by atoms with E-state index < -0.39 is 11.7 Å². The highest BCUT2D eigenvalue weighted by Gasteiger charge is 2.32. The second kappa shape index (κ2) is 3.86. The molecule has 0 aliphatic heterocycles. The van der Waals surface area contributed by atoms with Gasteiger partial charge in [-0.3, -0.25) is 0 Å². The molecule has 3 heteroatoms. The minimum absolute atomic E-state index is 0.245. The lowest BCUT2D eigenvalue weighted by molar-refractivity contribution is -0.138. The molecule has 0 saturated heterocycles. The van der Waals surface area contributed by atoms with E-state index in [1.807, 2.05) is 0 Å². The zero-order valence-corrected chi connectivity index (χ0v) is 7.86. The summed E-state index contributed by atoms with van der Waals surface area (Å²) in [6.07, 6.45) is -2.56. The highest BCUT2D eigenvalue weighted by molar-refractivity contribution is 5.34. The van der Waals surface area contributed by atoms with E-state index in [-0.39, 0.29) is 12.0 Å². The molecule has 1 aromatic rings. The van der Waals surface area contributed by atoms with Crippen LogP contribution in [-0.2, 0) is 12.6 Å². The third kappa shape index (κ3) is 2.37. The fraction of sp³-hybridized carbons (Fsp3) is 0.273. The Morgan fingerprint density at radius 2 is 2.00 bits per heavy atom. The summed E-state index contributed by atoms with van der Waals surface area (Å²) in [6, 6.07) is 4.34. The van der Waals surface area contributed by atoms with Crippen molar-refractivity contribution in [1.29, 1.82) is 0 Å². The Morgan fingerprint density at radius 1 is 1.36 bits per heavy atom. The van der Waals surface area contributed by atoms with Crippen LogP contribution in [0, 0.1) is 6.92 Å². The van der Waals surface area contributed by atoms with Crippen molar-refractivity contribution in [3.05, 3.63) is 47.5 Å². The van der Waals surface area contributed by atoms with Crippen molar-refractivity contribution < 1.29 is 13.2 Å². The van der Waals surface area contributed by atoms with Crippen molar-refractivity contribution in [2.24, 2.45) is 0 Å². The molecule has 0 nitrogen and oxygen atoms in total. The van der Waals surface area contributed by atoms with Gasteiger partial charge in [0.1, 0.15) is 0 Å². The average molecular weight is 200 g/mol. The maximum absolute atomic E-state index is 12.5. The largest absolute Gasteiger partial charge is 0.416 e. The van der Waals surface area contributed by atoms with Crippen molar-refractivity contribution in [3.63, 3.8) is 0 Å². The summed E-state index contributed by atoms with van der Waals surface area (Å²) in [5.41, 5.74) is 0.334. The summed E-state index contributed by atoms with van der Waals surface area (Å²) in [5.74, 6) is 0. The first-order valence-electron chi connectivity index (χ1n) is 4.23. The fourth-order valence-corrected chi connectivity index (χ4v) is 1.29. The normalized spacial score (nSPS) is 11.4. The van der Waals surface area contributed by atoms with Crippen LogP contribution >= 0.6 is 0 Å². The van der Waals surface area contributed by atoms with Gasteiger partial charge in [-0.2, -0.15) is 13.2 Å². The molecule has 0 N–H and O–H groups in total. The van der Waals surface area contributed by atoms with E-state index >= 15 is 0 Å². The average Bonchev–Trinajstić information content (AvgIpc) is 2.07. The van der Waals surface area contributed by atoms with Crippen molar-refractivity contribution in [2.75, 3.05) is 0 Å². The second-order valence-electron chi connectivity index (χ2n) is 3.15. The molecule has 0 radical (unpaired) electrons. The van der Waals surface area contributed by atoms with Crippen LogP contribution in [-0.4, -0.2) is 0 Å². The maximum Gasteiger partial charge on any atom is 0.416 e. The van der Waals surface area contributed by atoms with Crippen molar-refractivity contribution >= 4 is 0 Å². The zero-order valence-electron chi connectivity index (χ0n) is 7.86. The van der Waals surface area contributed by atoms with Crippen LogP contribution in [0.25, 0.3) is 0 Å². The van der Waals surface area contributed by atoms with Gasteiger partial charge in [0.25, 0.3) is 0 Å². The SMILES string of the molecule is C=CCc1ccc(C)cc1C(F)(F)F. The first kappa shape index (κ1) is 10.8. The third-order valence-electron chi connectivity index (χ3n) is 1.94. The highest BCUT2D eigenvalue weighted by atomic mass is 19.4. The number of hydrogen-bond donors (Lipinski definition) is 0. The van der Waals surface area contributed by atoms with Crippen LogP contribution in [0.2, 0.25) is 0 Å². The number of alkyl halides is 3. The number of halogens is 3. The number of aryl methyl sites for hydroxylation is 1. The Balaban J connectivity index is 3.22. The molecule has 0 aliphatic rings. The van der Waals surface area contributed by atoms with Gasteiger partial charge < -0.3 is 0 Å². The van der Waals surface area contributed by atoms with Crippen LogP contribution in [0.5, 0.6) is 0 Å². The quantitative estimate of drug-likeness (QED) is 0.638. The van der Waals surface area contributed by atoms with E-state index in [1.54, 1.807) is 13.0 Å². The molecule has 1 aromatic carbocycles. The van der Waals surface area contributed by atoms with Crippen molar-refractivity contribution in [1.82, 2.24) is 0 Å². The standard InChI is InChI=1S/C11H11F3/c1-3-4-9-6-5-8(2)7-10(9)11(12,13)14/h3,5-7H,1,4H2,2H3. The van der Waals surface area contributed by atoms with E-state index in [9.17, 15) is 13.2 Å². The first-order valence-corrected chi connectivity index (χ1v) is 4.23. The molecule has 0 saturated carbocycles. The summed E-state index contributed by atoms with van der Waals surface area (Å²) in [7, 11) is 0. The lowest BCUT2D eigenvalue weighted by Crippen LogP contribution is -2.09. The number of rotatable bonds is 2. The van der Waals surface area contributed by atoms with Gasteiger partial charge in [-0.25, -0.2) is 0 Å². The summed E-state index contributed by atoms with van der Waals surface area (Å²) in [5, 5.41) is 0. The van der Waals surface area contributed by atoms with Gasteiger partial charge in [0.05, 0.1) is 5.56 Å². The van der Waals surface area contributed by atoms with Gasteiger partial charge in [-0.1, -0.05) is 23.8 Å². The van der Waals surface area contributed by atoms with E-state index in [1.165, 1.54) is 18.2 Å². The molecule has 0 atom stereocenters. The molecule has 14 heavy (non-hydrogen) atoms. The Kier molecular flexibility index (Phi) is 2.99. The Morgan fingerprint density at radius 3 is 2.50 bits per heavy atom. The topological polar surface area (TPSA) is 0 Å². The van der Waals surface area contributed by atoms with Crippen LogP contribution in [0.4, 0.5) is 13.2 Å². The summed E-state index contributed by atoms with van der Waals surface area (Å²) in [4.78, 5) is 0. The number of benzene rings is 1. The minimum Gasteiger partial charge on any atom is -0.166 e. The molecule has 0 amide bonds. The van der Waals surface area contributed by atoms with E-state index in [0.717, 1.165) is 0 Å². The van der Waals surface area contributed by atoms with E-state index in [4.69, 9.17) is 0 Å². The van der Waals surface area contributed by atoms with Crippen LogP contribution in [0.15, 0.2) is 30.9 Å². The van der Waals surface area contributed by atoms with Gasteiger partial charge in [0.2, 0.25) is 0 Å². The molecule has 0 spiro atoms. The lowest BCUT2D eigenvalue weighted by Gasteiger charge is -2.12. The predicted molar refractivity (Wildman–Crippen MR) is 50.1 cm³/mol. The predicted octanol–water partition coefficient (Wildman–Crippen LogP) is 3.74. The fourth-order valence-electron chi connectivity index (χ4n) is 1.29. The van der Waals surface area contributed by atoms with E-state index in [2.05, 4.69) is 6.58 Å². The summed E-state index contributed by atoms with van der Waals surface area (Å²) in [6.45, 7) is 5.08. The first-order chi connectivity index (χ1) is 6.45. The lowest BCUT2D eigenvalue weighted by atomic mass is 10.0. The van der Waals surface area contributed by atoms with E-state index in [0.29, 0.717) is 5.56 Å². The van der Waals surface area contributed by atoms with Crippen LogP contribution in [0.3, 0.4) is 0 Å². The molecular formula is C11H11F3. The van der Waals surface area contributed by atoms with Gasteiger partial charge in [-0.05, 0) is 25.0 Å². The number of hydrogen-bond acceptors (Lipinski definition) is 0. The van der Waals surface area contributed by atoms with Crippen LogP contribution in [0.1, 0.15) is 16.7 Å². The molecule has 0 fully saturated rings. The third-order valence-corrected chi connectivity index (χ3v) is 1.94. The smallest absolute Gasteiger partial charge is 0.166 e. The molecule has 0 aliphatic carbocycles. The second-order valence-corrected chi connectivity index (χ2v) is 3.15. The van der Waals surface area contributed by atoms with Crippen molar-refractivity contribution in [3.8, 4) is 0 Å². The maximum atomic E-state index is 12.5. The summed E-state index contributed by atoms with van der Waals surface area (Å²) < 4.78 is 37.6. The minimum atomic E-state index is -4.27. The molecule has 0 bridgehead atoms. The Labute approximate surface area is 81.1 Å². The molecule has 0 heterocycles. The Bertz CT molecular complexity index is 337. The molecule has 76 valence electrons. The molecule has 0 unspecified atom stereocenters. The molecule has 0 aromatic heterocycles. The molecular weight excluding hydrogens is 189 g/mol. The van der Waals surface area contributed by atoms with Gasteiger partial charge in [0.15, 0.2) is 0 Å². The van der Waals surface area contributed by atoms with Gasteiger partial charge >= 0.3 is 6.18 Å². The van der Waals surface area contributed by atoms with Crippen molar-refractivity contribution in [2.45, 2.75) is 19.5 Å². The summed E-state index contributed by atoms with van der Waals surface area (Å²) >= 11 is 0. The van der Waals surface area contributed by atoms with Gasteiger partial charge in [0, 0.05) is 0 Å². The van der Waals surface area contributed by atoms with Crippen LogP contribution < -0.4 is 0 Å². The van der Waals surface area contributed by atoms with Gasteiger partial charge in [-0.15, -0.1) is 6.58 Å². The monoisotopic (exact) mass is 200 g/mol.